The maximum absolute atomic E-state index is 10.9. The van der Waals surface area contributed by atoms with E-state index in [9.17, 15) is 4.79 Å². The number of hydrogen-bond donors (Lipinski definition) is 1. The van der Waals surface area contributed by atoms with E-state index in [1.54, 1.807) is 6.33 Å². The van der Waals surface area contributed by atoms with Crippen LogP contribution in [0.5, 0.6) is 0 Å². The molecule has 0 aliphatic rings. The lowest BCUT2D eigenvalue weighted by molar-refractivity contribution is -0.115. The maximum Gasteiger partial charge on any atom is 0.296 e. The van der Waals surface area contributed by atoms with E-state index in [1.807, 2.05) is 11.6 Å². The van der Waals surface area contributed by atoms with Crippen molar-refractivity contribution in [1.82, 2.24) is 20.1 Å². The van der Waals surface area contributed by atoms with Crippen LogP contribution in [0.1, 0.15) is 5.82 Å². The van der Waals surface area contributed by atoms with Crippen LogP contribution in [0.25, 0.3) is 0 Å². The molecule has 0 fully saturated rings. The lowest BCUT2D eigenvalue weighted by atomic mass is 10.4. The fourth-order valence-electron chi connectivity index (χ4n) is 0.908. The van der Waals surface area contributed by atoms with Gasteiger partial charge >= 0.3 is 0 Å². The second kappa shape index (κ2) is 5.40. The molecule has 0 aliphatic heterocycles. The monoisotopic (exact) mass is 256 g/mol. The molecule has 1 amide bonds. The van der Waals surface area contributed by atoms with Gasteiger partial charge in [-0.2, -0.15) is 0 Å². The minimum absolute atomic E-state index is 0.302. The molecule has 74 valence electrons. The molecule has 6 heteroatoms. The van der Waals surface area contributed by atoms with Gasteiger partial charge in [0.1, 0.15) is 12.2 Å². The van der Waals surface area contributed by atoms with Crippen LogP contribution in [0, 0.1) is 10.8 Å². The van der Waals surface area contributed by atoms with Crippen molar-refractivity contribution in [3.8, 4) is 10.8 Å². The van der Waals surface area contributed by atoms with Crippen LogP contribution >= 0.6 is 15.9 Å². The highest BCUT2D eigenvalue weighted by molar-refractivity contribution is 9.12. The lowest BCUT2D eigenvalue weighted by Crippen LogP contribution is -2.24. The van der Waals surface area contributed by atoms with E-state index in [4.69, 9.17) is 0 Å². The highest BCUT2D eigenvalue weighted by atomic mass is 79.9. The first kappa shape index (κ1) is 10.7. The van der Waals surface area contributed by atoms with Crippen molar-refractivity contribution in [3.05, 3.63) is 12.2 Å². The highest BCUT2D eigenvalue weighted by Gasteiger charge is 2.00. The standard InChI is InChI=1S/C8H9BrN4O/c1-13-6-11-12-7(13)3-5-10-8(14)2-4-9/h6H,3,5H2,1H3,(H,10,14). The van der Waals surface area contributed by atoms with E-state index in [0.29, 0.717) is 13.0 Å². The Morgan fingerprint density at radius 2 is 2.57 bits per heavy atom. The fraction of sp³-hybridized carbons (Fsp3) is 0.375. The van der Waals surface area contributed by atoms with Gasteiger partial charge in [0.25, 0.3) is 5.91 Å². The Hall–Kier alpha value is -1.35. The quantitative estimate of drug-likeness (QED) is 0.765. The number of aromatic nitrogens is 3. The number of aryl methyl sites for hydroxylation is 1. The summed E-state index contributed by atoms with van der Waals surface area (Å²) in [4.78, 5) is 13.2. The zero-order chi connectivity index (χ0) is 10.4. The zero-order valence-corrected chi connectivity index (χ0v) is 9.21. The molecule has 0 saturated heterocycles. The third-order valence-corrected chi connectivity index (χ3v) is 1.80. The predicted molar refractivity (Wildman–Crippen MR) is 54.4 cm³/mol. The lowest BCUT2D eigenvalue weighted by Gasteiger charge is -2.00. The van der Waals surface area contributed by atoms with Gasteiger partial charge in [-0.1, -0.05) is 0 Å². The van der Waals surface area contributed by atoms with E-state index in [2.05, 4.69) is 42.2 Å². The van der Waals surface area contributed by atoms with Gasteiger partial charge in [0.2, 0.25) is 0 Å². The molecule has 1 N–H and O–H groups in total. The summed E-state index contributed by atoms with van der Waals surface area (Å²) in [6.07, 6.45) is 2.27. The van der Waals surface area contributed by atoms with Gasteiger partial charge < -0.3 is 9.88 Å². The summed E-state index contributed by atoms with van der Waals surface area (Å²) in [6.45, 7) is 0.507. The van der Waals surface area contributed by atoms with E-state index < -0.39 is 0 Å². The average molecular weight is 257 g/mol. The van der Waals surface area contributed by atoms with Crippen molar-refractivity contribution in [2.45, 2.75) is 6.42 Å². The Morgan fingerprint density at radius 1 is 1.79 bits per heavy atom. The van der Waals surface area contributed by atoms with Crippen LogP contribution in [0.15, 0.2) is 6.33 Å². The molecule has 0 saturated carbocycles. The normalized spacial score (nSPS) is 9.00. The molecular weight excluding hydrogens is 248 g/mol. The summed E-state index contributed by atoms with van der Waals surface area (Å²) < 4.78 is 1.81. The highest BCUT2D eigenvalue weighted by Crippen LogP contribution is 1.90. The molecular formula is C8H9BrN4O. The second-order valence-corrected chi connectivity index (χ2v) is 2.98. The van der Waals surface area contributed by atoms with E-state index in [-0.39, 0.29) is 5.91 Å². The number of nitrogens with zero attached hydrogens (tertiary/aromatic N) is 3. The first-order chi connectivity index (χ1) is 6.74. The van der Waals surface area contributed by atoms with Crippen LogP contribution < -0.4 is 5.32 Å². The molecule has 5 nitrogen and oxygen atoms in total. The smallest absolute Gasteiger partial charge is 0.296 e. The number of carbonyl (C=O) groups is 1. The Morgan fingerprint density at radius 3 is 3.14 bits per heavy atom. The Kier molecular flexibility index (Phi) is 4.13. The average Bonchev–Trinajstić information content (AvgIpc) is 2.52. The molecule has 0 bridgehead atoms. The number of amides is 1. The van der Waals surface area contributed by atoms with Crippen molar-refractivity contribution in [2.24, 2.45) is 7.05 Å². The second-order valence-electron chi connectivity index (χ2n) is 2.58. The largest absolute Gasteiger partial charge is 0.345 e. The van der Waals surface area contributed by atoms with E-state index >= 15 is 0 Å². The minimum atomic E-state index is -0.302. The molecule has 0 aromatic carbocycles. The van der Waals surface area contributed by atoms with Crippen molar-refractivity contribution >= 4 is 21.8 Å². The summed E-state index contributed by atoms with van der Waals surface area (Å²) in [6, 6.07) is 0. The summed E-state index contributed by atoms with van der Waals surface area (Å²) in [5, 5.41) is 10.2. The number of halogens is 1. The number of hydrogen-bond acceptors (Lipinski definition) is 3. The summed E-state index contributed by atoms with van der Waals surface area (Å²) in [7, 11) is 1.86. The SMILES string of the molecule is Cn1cnnc1CCNC(=O)C#CBr. The van der Waals surface area contributed by atoms with Gasteiger partial charge in [-0.25, -0.2) is 0 Å². The van der Waals surface area contributed by atoms with Gasteiger partial charge in [0.05, 0.1) is 0 Å². The number of carbonyl (C=O) groups excluding carboxylic acids is 1. The van der Waals surface area contributed by atoms with Crippen molar-refractivity contribution < 1.29 is 4.79 Å². The van der Waals surface area contributed by atoms with E-state index in [0.717, 1.165) is 5.82 Å². The Balaban J connectivity index is 2.31. The van der Waals surface area contributed by atoms with Gasteiger partial charge in [-0.05, 0) is 4.83 Å². The van der Waals surface area contributed by atoms with Crippen LogP contribution in [0.2, 0.25) is 0 Å². The molecule has 1 heterocycles. The van der Waals surface area contributed by atoms with Crippen LogP contribution in [0.4, 0.5) is 0 Å². The van der Waals surface area contributed by atoms with Crippen molar-refractivity contribution in [2.75, 3.05) is 6.54 Å². The van der Waals surface area contributed by atoms with Crippen LogP contribution in [0.3, 0.4) is 0 Å². The molecule has 0 aliphatic carbocycles. The van der Waals surface area contributed by atoms with Crippen LogP contribution in [-0.2, 0) is 18.3 Å². The summed E-state index contributed by atoms with van der Waals surface area (Å²) in [5.74, 6) is 2.84. The molecule has 0 unspecified atom stereocenters. The van der Waals surface area contributed by atoms with Gasteiger partial charge in [0.15, 0.2) is 0 Å². The van der Waals surface area contributed by atoms with Gasteiger partial charge in [-0.15, -0.1) is 10.2 Å². The predicted octanol–water partition coefficient (Wildman–Crippen LogP) is -0.170. The topological polar surface area (TPSA) is 59.8 Å². The molecule has 1 aromatic rings. The van der Waals surface area contributed by atoms with Crippen LogP contribution in [-0.4, -0.2) is 27.2 Å². The first-order valence-corrected chi connectivity index (χ1v) is 4.75. The third-order valence-electron chi connectivity index (χ3n) is 1.60. The third kappa shape index (κ3) is 3.18. The van der Waals surface area contributed by atoms with Crippen molar-refractivity contribution in [3.63, 3.8) is 0 Å². The summed E-state index contributed by atoms with van der Waals surface area (Å²) in [5.41, 5.74) is 0. The first-order valence-electron chi connectivity index (χ1n) is 3.96. The zero-order valence-electron chi connectivity index (χ0n) is 7.62. The number of rotatable bonds is 3. The molecule has 1 rings (SSSR count). The van der Waals surface area contributed by atoms with Gasteiger partial charge in [0, 0.05) is 41.9 Å². The molecule has 14 heavy (non-hydrogen) atoms. The van der Waals surface area contributed by atoms with Gasteiger partial charge in [-0.3, -0.25) is 4.79 Å². The fourth-order valence-corrected chi connectivity index (χ4v) is 1.09. The molecule has 0 spiro atoms. The molecule has 0 atom stereocenters. The molecule has 0 radical (unpaired) electrons. The Labute approximate surface area is 90.0 Å². The minimum Gasteiger partial charge on any atom is -0.345 e. The summed E-state index contributed by atoms with van der Waals surface area (Å²) >= 11 is 2.84. The maximum atomic E-state index is 10.9. The Bertz CT molecular complexity index is 376. The van der Waals surface area contributed by atoms with Crippen molar-refractivity contribution in [1.29, 1.82) is 0 Å². The molecule has 1 aromatic heterocycles. The van der Waals surface area contributed by atoms with E-state index in [1.165, 1.54) is 0 Å². The number of nitrogens with one attached hydrogen (secondary N) is 1.